The van der Waals surface area contributed by atoms with Crippen molar-refractivity contribution in [2.45, 2.75) is 24.6 Å². The molecule has 0 unspecified atom stereocenters. The minimum absolute atomic E-state index is 0.288. The van der Waals surface area contributed by atoms with Gasteiger partial charge in [0.25, 0.3) is 0 Å². The van der Waals surface area contributed by atoms with Crippen LogP contribution in [0.1, 0.15) is 11.9 Å². The predicted molar refractivity (Wildman–Crippen MR) is 91.9 cm³/mol. The van der Waals surface area contributed by atoms with Crippen LogP contribution >= 0.6 is 0 Å². The average Bonchev–Trinajstić information content (AvgIpc) is 3.13. The zero-order valence-corrected chi connectivity index (χ0v) is 14.0. The molecule has 1 aromatic rings. The number of aliphatic hydroxyl groups excluding tert-OH is 1. The maximum Gasteiger partial charge on any atom is 0.173 e. The van der Waals surface area contributed by atoms with Crippen LogP contribution in [0.25, 0.3) is 0 Å². The van der Waals surface area contributed by atoms with Crippen LogP contribution in [0.3, 0.4) is 0 Å². The van der Waals surface area contributed by atoms with Crippen LogP contribution < -0.4 is 16.8 Å². The molecule has 10 heteroatoms. The predicted octanol–water partition coefficient (Wildman–Crippen LogP) is -0.985. The molecule has 0 spiro atoms. The molecule has 0 saturated carbocycles. The number of aliphatic hydroxyl groups is 1. The second-order valence-electron chi connectivity index (χ2n) is 6.16. The lowest BCUT2D eigenvalue weighted by Gasteiger charge is -2.22. The van der Waals surface area contributed by atoms with E-state index in [1.807, 2.05) is 24.1 Å². The fourth-order valence-corrected chi connectivity index (χ4v) is 3.00. The van der Waals surface area contributed by atoms with E-state index < -0.39 is 24.6 Å². The van der Waals surface area contributed by atoms with E-state index in [1.165, 1.54) is 10.9 Å². The highest BCUT2D eigenvalue weighted by Gasteiger charge is 2.46. The molecule has 4 atom stereocenters. The second-order valence-corrected chi connectivity index (χ2v) is 6.16. The molecule has 9 nitrogen and oxygen atoms in total. The van der Waals surface area contributed by atoms with Crippen molar-refractivity contribution in [3.63, 3.8) is 0 Å². The van der Waals surface area contributed by atoms with Crippen molar-refractivity contribution in [2.75, 3.05) is 38.7 Å². The molecular formula is C15H24FN7O2. The lowest BCUT2D eigenvalue weighted by atomic mass is 10.1. The summed E-state index contributed by atoms with van der Waals surface area (Å²) in [4.78, 5) is 10.1. The summed E-state index contributed by atoms with van der Waals surface area (Å²) in [6, 6.07) is 0. The monoisotopic (exact) mass is 353 g/mol. The number of likely N-dealkylation sites (N-methyl/N-ethyl adjacent to an activating group) is 1. The van der Waals surface area contributed by atoms with Gasteiger partial charge < -0.3 is 31.5 Å². The van der Waals surface area contributed by atoms with Crippen molar-refractivity contribution < 1.29 is 14.2 Å². The van der Waals surface area contributed by atoms with Crippen LogP contribution in [0.5, 0.6) is 0 Å². The van der Waals surface area contributed by atoms with Crippen molar-refractivity contribution in [1.29, 1.82) is 0 Å². The number of amidine groups is 1. The number of nitrogens with one attached hydrogen (secondary N) is 1. The standard InChI is InChI=1S/C15H24FN7O2/c1-22(5-3-2-4-17)6-9-12(24)10(16)15(25-9)23-8-21-11-13(18)19-7-20-14(11)23/h2-3,8-10,12,15,20,24H,4-7,17H2,1H3,(H2,18,19)/b3-2-/t9-,10+,12-,15-/m1/s1. The number of nitrogens with two attached hydrogens (primary N) is 2. The Morgan fingerprint density at radius 2 is 2.36 bits per heavy atom. The van der Waals surface area contributed by atoms with Gasteiger partial charge in [-0.1, -0.05) is 12.2 Å². The minimum Gasteiger partial charge on any atom is -0.387 e. The van der Waals surface area contributed by atoms with E-state index in [9.17, 15) is 9.50 Å². The number of nitrogens with zero attached hydrogens (tertiary/aromatic N) is 4. The molecule has 3 heterocycles. The van der Waals surface area contributed by atoms with Crippen LogP contribution in [0.2, 0.25) is 0 Å². The molecule has 1 aromatic heterocycles. The van der Waals surface area contributed by atoms with Crippen molar-refractivity contribution in [2.24, 2.45) is 16.5 Å². The fourth-order valence-electron chi connectivity index (χ4n) is 3.00. The number of fused-ring (bicyclic) bond motifs is 1. The number of anilines is 1. The first kappa shape index (κ1) is 17.8. The van der Waals surface area contributed by atoms with Crippen molar-refractivity contribution in [3.8, 4) is 0 Å². The van der Waals surface area contributed by atoms with Crippen LogP contribution in [0, 0.1) is 0 Å². The van der Waals surface area contributed by atoms with Gasteiger partial charge in [-0.25, -0.2) is 14.4 Å². The zero-order chi connectivity index (χ0) is 18.0. The van der Waals surface area contributed by atoms with E-state index in [4.69, 9.17) is 16.2 Å². The first-order valence-corrected chi connectivity index (χ1v) is 8.15. The average molecular weight is 353 g/mol. The molecule has 0 bridgehead atoms. The highest BCUT2D eigenvalue weighted by atomic mass is 19.1. The zero-order valence-electron chi connectivity index (χ0n) is 14.0. The molecule has 6 N–H and O–H groups in total. The molecule has 0 amide bonds. The first-order valence-electron chi connectivity index (χ1n) is 8.15. The molecule has 0 aliphatic carbocycles. The molecule has 1 fully saturated rings. The van der Waals surface area contributed by atoms with Crippen LogP contribution in [0.15, 0.2) is 23.5 Å². The summed E-state index contributed by atoms with van der Waals surface area (Å²) in [5, 5.41) is 13.3. The summed E-state index contributed by atoms with van der Waals surface area (Å²) in [6.45, 7) is 1.79. The highest BCUT2D eigenvalue weighted by molar-refractivity contribution is 6.01. The molecule has 25 heavy (non-hydrogen) atoms. The van der Waals surface area contributed by atoms with Crippen LogP contribution in [-0.2, 0) is 4.74 Å². The van der Waals surface area contributed by atoms with E-state index in [0.29, 0.717) is 37.0 Å². The van der Waals surface area contributed by atoms with Gasteiger partial charge in [0.15, 0.2) is 12.4 Å². The number of halogens is 1. The summed E-state index contributed by atoms with van der Waals surface area (Å²) in [7, 11) is 1.87. The SMILES string of the molecule is CN(C/C=C\CN)C[C@H]1O[C@@H](n2cnc3c2NCN=C3N)[C@@H](F)[C@@H]1O. The Hall–Kier alpha value is -2.01. The molecule has 2 aliphatic heterocycles. The van der Waals surface area contributed by atoms with Gasteiger partial charge in [-0.05, 0) is 7.05 Å². The molecule has 3 rings (SSSR count). The molecule has 1 saturated heterocycles. The van der Waals surface area contributed by atoms with Crippen molar-refractivity contribution in [3.05, 3.63) is 24.2 Å². The van der Waals surface area contributed by atoms with Gasteiger partial charge in [-0.3, -0.25) is 4.57 Å². The Balaban J connectivity index is 1.71. The van der Waals surface area contributed by atoms with Gasteiger partial charge in [-0.15, -0.1) is 0 Å². The number of rotatable bonds is 6. The topological polar surface area (TPSA) is 127 Å². The number of aliphatic imine (C=N–C) groups is 1. The summed E-state index contributed by atoms with van der Waals surface area (Å²) < 4.78 is 22.0. The number of hydrogen-bond acceptors (Lipinski definition) is 8. The van der Waals surface area contributed by atoms with Gasteiger partial charge in [0.1, 0.15) is 36.2 Å². The van der Waals surface area contributed by atoms with Crippen LogP contribution in [0.4, 0.5) is 10.2 Å². The largest absolute Gasteiger partial charge is 0.387 e. The number of imidazole rings is 1. The summed E-state index contributed by atoms with van der Waals surface area (Å²) in [6.07, 6.45) is 0.803. The second kappa shape index (κ2) is 7.48. The smallest absolute Gasteiger partial charge is 0.173 e. The minimum atomic E-state index is -1.57. The number of alkyl halides is 1. The third-order valence-electron chi connectivity index (χ3n) is 4.31. The lowest BCUT2D eigenvalue weighted by Crippen LogP contribution is -2.37. The van der Waals surface area contributed by atoms with Gasteiger partial charge in [0.05, 0.1) is 6.33 Å². The van der Waals surface area contributed by atoms with E-state index in [0.717, 1.165) is 0 Å². The van der Waals surface area contributed by atoms with Crippen LogP contribution in [-0.4, -0.2) is 77.1 Å². The number of hydrogen-bond donors (Lipinski definition) is 4. The van der Waals surface area contributed by atoms with Gasteiger partial charge >= 0.3 is 0 Å². The lowest BCUT2D eigenvalue weighted by molar-refractivity contribution is -0.0338. The third kappa shape index (κ3) is 3.52. The fraction of sp³-hybridized carbons (Fsp3) is 0.600. The van der Waals surface area contributed by atoms with Crippen molar-refractivity contribution in [1.82, 2.24) is 14.5 Å². The van der Waals surface area contributed by atoms with E-state index in [1.54, 1.807) is 0 Å². The quantitative estimate of drug-likeness (QED) is 0.484. The Morgan fingerprint density at radius 1 is 1.56 bits per heavy atom. The molecule has 0 aromatic carbocycles. The summed E-state index contributed by atoms with van der Waals surface area (Å²) >= 11 is 0. The van der Waals surface area contributed by atoms with Gasteiger partial charge in [0.2, 0.25) is 0 Å². The maximum atomic E-state index is 14.7. The van der Waals surface area contributed by atoms with E-state index >= 15 is 0 Å². The highest BCUT2D eigenvalue weighted by Crippen LogP contribution is 2.35. The molecule has 0 radical (unpaired) electrons. The van der Waals surface area contributed by atoms with E-state index in [2.05, 4.69) is 15.3 Å². The van der Waals surface area contributed by atoms with Crippen molar-refractivity contribution >= 4 is 11.7 Å². The molecular weight excluding hydrogens is 329 g/mol. The van der Waals surface area contributed by atoms with Gasteiger partial charge in [0, 0.05) is 19.6 Å². The number of aromatic nitrogens is 2. The Morgan fingerprint density at radius 3 is 3.12 bits per heavy atom. The summed E-state index contributed by atoms with van der Waals surface area (Å²) in [5.41, 5.74) is 11.7. The number of ether oxygens (including phenoxy) is 1. The normalized spacial score (nSPS) is 29.1. The molecule has 138 valence electrons. The third-order valence-corrected chi connectivity index (χ3v) is 4.31. The Kier molecular flexibility index (Phi) is 5.33. The van der Waals surface area contributed by atoms with E-state index in [-0.39, 0.29) is 6.67 Å². The Labute approximate surface area is 145 Å². The summed E-state index contributed by atoms with van der Waals surface area (Å²) in [5.74, 6) is 0.844. The maximum absolute atomic E-state index is 14.7. The molecule has 2 aliphatic rings. The first-order chi connectivity index (χ1) is 12.0. The Bertz CT molecular complexity index is 662. The van der Waals surface area contributed by atoms with Gasteiger partial charge in [-0.2, -0.15) is 0 Å².